The van der Waals surface area contributed by atoms with Gasteiger partial charge < -0.3 is 9.47 Å². The van der Waals surface area contributed by atoms with Crippen LogP contribution in [0.2, 0.25) is 0 Å². The zero-order valence-electron chi connectivity index (χ0n) is 15.2. The lowest BCUT2D eigenvalue weighted by Crippen LogP contribution is -2.42. The number of rotatable bonds is 6. The minimum atomic E-state index is -1.03. The molecule has 1 amide bonds. The topological polar surface area (TPSA) is 60.5 Å². The Morgan fingerprint density at radius 1 is 1.19 bits per heavy atom. The largest absolute Gasteiger partial charge is 0.496 e. The zero-order chi connectivity index (χ0) is 19.4. The van der Waals surface area contributed by atoms with E-state index in [4.69, 9.17) is 9.47 Å². The Hall–Kier alpha value is -2.38. The minimum absolute atomic E-state index is 0.261. The molecule has 0 aliphatic heterocycles. The van der Waals surface area contributed by atoms with Gasteiger partial charge in [-0.2, -0.15) is 0 Å². The maximum atomic E-state index is 12.6. The third-order valence-corrected chi connectivity index (χ3v) is 5.21. The van der Waals surface area contributed by atoms with Crippen LogP contribution in [0.3, 0.4) is 0 Å². The van der Waals surface area contributed by atoms with Gasteiger partial charge in [0.25, 0.3) is 5.91 Å². The summed E-state index contributed by atoms with van der Waals surface area (Å²) in [7, 11) is 1.62. The highest BCUT2D eigenvalue weighted by Gasteiger charge is 2.30. The van der Waals surface area contributed by atoms with Gasteiger partial charge in [0.1, 0.15) is 11.5 Å². The first-order valence-electron chi connectivity index (χ1n) is 8.24. The number of carbonyl (C=O) groups excluding carboxylic acids is 1. The van der Waals surface area contributed by atoms with Crippen molar-refractivity contribution in [3.8, 4) is 22.8 Å². The predicted octanol–water partition coefficient (Wildman–Crippen LogP) is 5.38. The molecule has 27 heavy (non-hydrogen) atoms. The summed E-state index contributed by atoms with van der Waals surface area (Å²) in [4.78, 5) is 17.1. The van der Waals surface area contributed by atoms with Gasteiger partial charge in [0, 0.05) is 10.9 Å². The highest BCUT2D eigenvalue weighted by molar-refractivity contribution is 9.10. The van der Waals surface area contributed by atoms with E-state index >= 15 is 0 Å². The van der Waals surface area contributed by atoms with Crippen LogP contribution < -0.4 is 14.8 Å². The Labute approximate surface area is 170 Å². The molecule has 2 aromatic carbocycles. The van der Waals surface area contributed by atoms with Gasteiger partial charge in [0.2, 0.25) is 0 Å². The smallest absolute Gasteiger partial charge is 0.269 e. The standard InChI is InChI=1S/C20H19BrN2O3S/c1-20(2,26-14-7-5-4-6-8-14)18(24)23-19-22-16(12-27-19)13-9-10-17(25-3)15(21)11-13/h4-12H,1-3H3,(H,22,23,24). The monoisotopic (exact) mass is 446 g/mol. The van der Waals surface area contributed by atoms with E-state index in [0.29, 0.717) is 10.9 Å². The van der Waals surface area contributed by atoms with Crippen LogP contribution in [0.1, 0.15) is 13.8 Å². The molecule has 140 valence electrons. The van der Waals surface area contributed by atoms with Crippen molar-refractivity contribution in [2.45, 2.75) is 19.4 Å². The number of methoxy groups -OCH3 is 1. The van der Waals surface area contributed by atoms with Crippen molar-refractivity contribution in [1.29, 1.82) is 0 Å². The molecule has 0 bridgehead atoms. The van der Waals surface area contributed by atoms with E-state index in [1.54, 1.807) is 21.0 Å². The molecule has 0 atom stereocenters. The van der Waals surface area contributed by atoms with E-state index in [-0.39, 0.29) is 5.91 Å². The van der Waals surface area contributed by atoms with Crippen LogP contribution in [0.4, 0.5) is 5.13 Å². The molecule has 0 aliphatic rings. The number of aromatic nitrogens is 1. The molecule has 1 N–H and O–H groups in total. The van der Waals surface area contributed by atoms with Gasteiger partial charge in [-0.3, -0.25) is 10.1 Å². The van der Waals surface area contributed by atoms with Gasteiger partial charge >= 0.3 is 0 Å². The Morgan fingerprint density at radius 2 is 1.93 bits per heavy atom. The van der Waals surface area contributed by atoms with E-state index in [1.807, 2.05) is 53.9 Å². The fourth-order valence-corrected chi connectivity index (χ4v) is 3.62. The van der Waals surface area contributed by atoms with Crippen molar-refractivity contribution in [2.24, 2.45) is 0 Å². The van der Waals surface area contributed by atoms with Gasteiger partial charge in [-0.25, -0.2) is 4.98 Å². The number of anilines is 1. The third-order valence-electron chi connectivity index (χ3n) is 3.84. The highest BCUT2D eigenvalue weighted by Crippen LogP contribution is 2.32. The first-order valence-corrected chi connectivity index (χ1v) is 9.91. The first-order chi connectivity index (χ1) is 12.9. The van der Waals surface area contributed by atoms with Crippen molar-refractivity contribution in [2.75, 3.05) is 12.4 Å². The summed E-state index contributed by atoms with van der Waals surface area (Å²) in [6, 6.07) is 15.0. The van der Waals surface area contributed by atoms with Gasteiger partial charge in [0.15, 0.2) is 10.7 Å². The molecule has 0 spiro atoms. The maximum Gasteiger partial charge on any atom is 0.269 e. The number of nitrogens with one attached hydrogen (secondary N) is 1. The summed E-state index contributed by atoms with van der Waals surface area (Å²) >= 11 is 4.84. The Kier molecular flexibility index (Phi) is 5.82. The van der Waals surface area contributed by atoms with E-state index in [2.05, 4.69) is 26.2 Å². The van der Waals surface area contributed by atoms with Crippen LogP contribution in [-0.4, -0.2) is 23.6 Å². The molecule has 0 fully saturated rings. The van der Waals surface area contributed by atoms with E-state index < -0.39 is 5.60 Å². The molecule has 0 unspecified atom stereocenters. The lowest BCUT2D eigenvalue weighted by atomic mass is 10.1. The summed E-state index contributed by atoms with van der Waals surface area (Å²) in [6.45, 7) is 3.45. The molecule has 3 aromatic rings. The first kappa shape index (κ1) is 19.4. The SMILES string of the molecule is COc1ccc(-c2csc(NC(=O)C(C)(C)Oc3ccccc3)n2)cc1Br. The van der Waals surface area contributed by atoms with Crippen LogP contribution in [0.5, 0.6) is 11.5 Å². The molecule has 0 radical (unpaired) electrons. The van der Waals surface area contributed by atoms with Gasteiger partial charge in [-0.1, -0.05) is 18.2 Å². The van der Waals surface area contributed by atoms with Crippen molar-refractivity contribution < 1.29 is 14.3 Å². The molecule has 3 rings (SSSR count). The van der Waals surface area contributed by atoms with Gasteiger partial charge in [-0.15, -0.1) is 11.3 Å². The zero-order valence-corrected chi connectivity index (χ0v) is 17.6. The number of thiazole rings is 1. The van der Waals surface area contributed by atoms with Gasteiger partial charge in [0.05, 0.1) is 17.3 Å². The van der Waals surface area contributed by atoms with Crippen molar-refractivity contribution >= 4 is 38.3 Å². The normalized spacial score (nSPS) is 11.1. The molecule has 0 saturated carbocycles. The van der Waals surface area contributed by atoms with Crippen molar-refractivity contribution in [3.05, 3.63) is 58.4 Å². The minimum Gasteiger partial charge on any atom is -0.496 e. The van der Waals surface area contributed by atoms with Crippen LogP contribution in [0.15, 0.2) is 58.4 Å². The molecule has 0 saturated heterocycles. The number of hydrogen-bond acceptors (Lipinski definition) is 5. The fraction of sp³-hybridized carbons (Fsp3) is 0.200. The summed E-state index contributed by atoms with van der Waals surface area (Å²) in [5, 5.41) is 5.25. The van der Waals surface area contributed by atoms with Crippen molar-refractivity contribution in [1.82, 2.24) is 4.98 Å². The summed E-state index contributed by atoms with van der Waals surface area (Å²) in [5.74, 6) is 1.13. The molecule has 7 heteroatoms. The Bertz CT molecular complexity index is 941. The highest BCUT2D eigenvalue weighted by atomic mass is 79.9. The number of para-hydroxylation sites is 1. The van der Waals surface area contributed by atoms with E-state index in [1.165, 1.54) is 11.3 Å². The van der Waals surface area contributed by atoms with Crippen LogP contribution in [0.25, 0.3) is 11.3 Å². The predicted molar refractivity (Wildman–Crippen MR) is 112 cm³/mol. The Balaban J connectivity index is 1.71. The molecule has 1 aromatic heterocycles. The molecule has 0 aliphatic carbocycles. The van der Waals surface area contributed by atoms with Crippen LogP contribution in [-0.2, 0) is 4.79 Å². The number of carbonyl (C=O) groups is 1. The molecular formula is C20H19BrN2O3S. The summed E-state index contributed by atoms with van der Waals surface area (Å²) in [6.07, 6.45) is 0. The molecular weight excluding hydrogens is 428 g/mol. The average molecular weight is 447 g/mol. The number of nitrogens with zero attached hydrogens (tertiary/aromatic N) is 1. The number of ether oxygens (including phenoxy) is 2. The molecule has 5 nitrogen and oxygen atoms in total. The van der Waals surface area contributed by atoms with E-state index in [0.717, 1.165) is 21.5 Å². The van der Waals surface area contributed by atoms with Gasteiger partial charge in [-0.05, 0) is 60.1 Å². The number of halogens is 1. The quantitative estimate of drug-likeness (QED) is 0.552. The number of benzene rings is 2. The summed E-state index contributed by atoms with van der Waals surface area (Å²) < 4.78 is 11.9. The van der Waals surface area contributed by atoms with Crippen LogP contribution >= 0.6 is 27.3 Å². The lowest BCUT2D eigenvalue weighted by molar-refractivity contribution is -0.128. The third kappa shape index (κ3) is 4.67. The fourth-order valence-electron chi connectivity index (χ4n) is 2.37. The second kappa shape index (κ2) is 8.10. The van der Waals surface area contributed by atoms with Crippen molar-refractivity contribution in [3.63, 3.8) is 0 Å². The lowest BCUT2D eigenvalue weighted by Gasteiger charge is -2.24. The van der Waals surface area contributed by atoms with Crippen LogP contribution in [0, 0.1) is 0 Å². The maximum absolute atomic E-state index is 12.6. The number of amides is 1. The number of hydrogen-bond donors (Lipinski definition) is 1. The molecule has 1 heterocycles. The second-order valence-corrected chi connectivity index (χ2v) is 7.98. The second-order valence-electron chi connectivity index (χ2n) is 6.27. The van der Waals surface area contributed by atoms with E-state index in [9.17, 15) is 4.79 Å². The Morgan fingerprint density at radius 3 is 2.59 bits per heavy atom. The summed E-state index contributed by atoms with van der Waals surface area (Å²) in [5.41, 5.74) is 0.677. The average Bonchev–Trinajstić information content (AvgIpc) is 3.10.